The van der Waals surface area contributed by atoms with E-state index in [2.05, 4.69) is 0 Å². The molecule has 0 amide bonds. The average molecular weight is 201 g/mol. The van der Waals surface area contributed by atoms with Crippen LogP contribution in [0.1, 0.15) is 6.42 Å². The first kappa shape index (κ1) is 8.51. The lowest BCUT2D eigenvalue weighted by molar-refractivity contribution is 0.296. The second-order valence-electron chi connectivity index (χ2n) is 2.81. The Kier molecular flexibility index (Phi) is 2.19. The molecule has 1 aliphatic rings. The Hall–Kier alpha value is -1.09. The summed E-state index contributed by atoms with van der Waals surface area (Å²) in [5.74, 6) is 1.13. The number of hydrogen-bond acceptors (Lipinski definition) is 3. The third kappa shape index (κ3) is 1.65. The topological polar surface area (TPSA) is 38.7 Å². The predicted molar refractivity (Wildman–Crippen MR) is 48.7 cm³/mol. The summed E-state index contributed by atoms with van der Waals surface area (Å²) in [5, 5.41) is 9.63. The van der Waals surface area contributed by atoms with Gasteiger partial charge in [0.25, 0.3) is 0 Å². The predicted octanol–water partition coefficient (Wildman–Crippen LogP) is 2.21. The van der Waals surface area contributed by atoms with E-state index in [4.69, 9.17) is 21.1 Å². The highest BCUT2D eigenvalue weighted by Crippen LogP contribution is 2.39. The van der Waals surface area contributed by atoms with Gasteiger partial charge < -0.3 is 14.6 Å². The van der Waals surface area contributed by atoms with E-state index in [9.17, 15) is 5.11 Å². The van der Waals surface area contributed by atoms with E-state index in [0.29, 0.717) is 29.7 Å². The van der Waals surface area contributed by atoms with Crippen molar-refractivity contribution in [3.8, 4) is 17.2 Å². The molecule has 0 saturated heterocycles. The molecule has 2 rings (SSSR count). The molecular formula is C9H9ClO3. The SMILES string of the molecule is Oc1cc(Cl)c2c(c1)OCCCO2. The number of benzene rings is 1. The standard InChI is InChI=1S/C9H9ClO3/c10-7-4-6(11)5-8-9(7)13-3-1-2-12-8/h4-5,11H,1-3H2. The third-order valence-electron chi connectivity index (χ3n) is 1.79. The van der Waals surface area contributed by atoms with Crippen molar-refractivity contribution in [3.05, 3.63) is 17.2 Å². The number of phenolic OH excluding ortho intramolecular Hbond substituents is 1. The van der Waals surface area contributed by atoms with Crippen LogP contribution >= 0.6 is 11.6 Å². The van der Waals surface area contributed by atoms with Gasteiger partial charge >= 0.3 is 0 Å². The Bertz CT molecular complexity index is 325. The molecule has 1 aromatic rings. The molecular weight excluding hydrogens is 192 g/mol. The monoisotopic (exact) mass is 200 g/mol. The van der Waals surface area contributed by atoms with Crippen LogP contribution in [-0.2, 0) is 0 Å². The molecule has 1 heterocycles. The van der Waals surface area contributed by atoms with Crippen molar-refractivity contribution in [1.29, 1.82) is 0 Å². The summed E-state index contributed by atoms with van der Waals surface area (Å²) in [5.41, 5.74) is 0. The summed E-state index contributed by atoms with van der Waals surface area (Å²) < 4.78 is 10.7. The van der Waals surface area contributed by atoms with Crippen LogP contribution < -0.4 is 9.47 Å². The van der Waals surface area contributed by atoms with Crippen LogP contribution in [0.2, 0.25) is 5.02 Å². The molecule has 0 radical (unpaired) electrons. The van der Waals surface area contributed by atoms with Gasteiger partial charge in [0.05, 0.1) is 18.2 Å². The summed E-state index contributed by atoms with van der Waals surface area (Å²) in [7, 11) is 0. The normalized spacial score (nSPS) is 15.2. The van der Waals surface area contributed by atoms with Crippen LogP contribution in [0.25, 0.3) is 0 Å². The smallest absolute Gasteiger partial charge is 0.180 e. The molecule has 0 atom stereocenters. The molecule has 70 valence electrons. The Labute approximate surface area is 80.8 Å². The van der Waals surface area contributed by atoms with Crippen LogP contribution in [0.15, 0.2) is 12.1 Å². The van der Waals surface area contributed by atoms with Crippen molar-refractivity contribution in [2.24, 2.45) is 0 Å². The fourth-order valence-electron chi connectivity index (χ4n) is 1.22. The fourth-order valence-corrected chi connectivity index (χ4v) is 1.48. The Balaban J connectivity index is 2.47. The number of rotatable bonds is 0. The summed E-state index contributed by atoms with van der Waals surface area (Å²) in [4.78, 5) is 0. The van der Waals surface area contributed by atoms with Crippen LogP contribution in [0.4, 0.5) is 0 Å². The maximum Gasteiger partial charge on any atom is 0.180 e. The first-order valence-electron chi connectivity index (χ1n) is 4.05. The molecule has 0 aromatic heterocycles. The quantitative estimate of drug-likeness (QED) is 0.698. The van der Waals surface area contributed by atoms with Crippen molar-refractivity contribution >= 4 is 11.6 Å². The summed E-state index contributed by atoms with van der Waals surface area (Å²) in [6.45, 7) is 1.18. The lowest BCUT2D eigenvalue weighted by Gasteiger charge is -2.08. The number of fused-ring (bicyclic) bond motifs is 1. The third-order valence-corrected chi connectivity index (χ3v) is 2.07. The second-order valence-corrected chi connectivity index (χ2v) is 3.21. The number of hydrogen-bond donors (Lipinski definition) is 1. The first-order chi connectivity index (χ1) is 6.27. The molecule has 13 heavy (non-hydrogen) atoms. The highest BCUT2D eigenvalue weighted by atomic mass is 35.5. The lowest BCUT2D eigenvalue weighted by atomic mass is 10.3. The van der Waals surface area contributed by atoms with Crippen LogP contribution in [0.3, 0.4) is 0 Å². The van der Waals surface area contributed by atoms with Gasteiger partial charge in [-0.05, 0) is 0 Å². The van der Waals surface area contributed by atoms with Crippen molar-refractivity contribution in [3.63, 3.8) is 0 Å². The highest BCUT2D eigenvalue weighted by molar-refractivity contribution is 6.32. The van der Waals surface area contributed by atoms with Crippen LogP contribution in [0, 0.1) is 0 Å². The van der Waals surface area contributed by atoms with E-state index in [1.165, 1.54) is 12.1 Å². The van der Waals surface area contributed by atoms with Crippen LogP contribution in [0.5, 0.6) is 17.2 Å². The molecule has 1 aromatic carbocycles. The molecule has 0 bridgehead atoms. The maximum absolute atomic E-state index is 9.24. The second kappa shape index (κ2) is 3.34. The Morgan fingerprint density at radius 2 is 2.00 bits per heavy atom. The number of ether oxygens (including phenoxy) is 2. The minimum Gasteiger partial charge on any atom is -0.508 e. The zero-order valence-electron chi connectivity index (χ0n) is 6.92. The van der Waals surface area contributed by atoms with E-state index in [0.717, 1.165) is 6.42 Å². The molecule has 0 spiro atoms. The van der Waals surface area contributed by atoms with Gasteiger partial charge in [0.1, 0.15) is 5.75 Å². The molecule has 4 heteroatoms. The summed E-state index contributed by atoms with van der Waals surface area (Å²) >= 11 is 5.85. The number of phenols is 1. The van der Waals surface area contributed by atoms with E-state index in [1.807, 2.05) is 0 Å². The van der Waals surface area contributed by atoms with Gasteiger partial charge in [-0.25, -0.2) is 0 Å². The minimum atomic E-state index is 0.0919. The summed E-state index contributed by atoms with van der Waals surface area (Å²) in [6.07, 6.45) is 0.825. The van der Waals surface area contributed by atoms with E-state index in [1.54, 1.807) is 0 Å². The van der Waals surface area contributed by atoms with Crippen molar-refractivity contribution in [2.45, 2.75) is 6.42 Å². The molecule has 0 saturated carbocycles. The van der Waals surface area contributed by atoms with E-state index in [-0.39, 0.29) is 5.75 Å². The van der Waals surface area contributed by atoms with Crippen molar-refractivity contribution < 1.29 is 14.6 Å². The van der Waals surface area contributed by atoms with Gasteiger partial charge in [-0.2, -0.15) is 0 Å². The minimum absolute atomic E-state index is 0.0919. The van der Waals surface area contributed by atoms with Crippen LogP contribution in [-0.4, -0.2) is 18.3 Å². The largest absolute Gasteiger partial charge is 0.508 e. The number of aromatic hydroxyl groups is 1. The molecule has 0 unspecified atom stereocenters. The lowest BCUT2D eigenvalue weighted by Crippen LogP contribution is -1.97. The first-order valence-corrected chi connectivity index (χ1v) is 4.43. The van der Waals surface area contributed by atoms with E-state index < -0.39 is 0 Å². The fraction of sp³-hybridized carbons (Fsp3) is 0.333. The van der Waals surface area contributed by atoms with Gasteiger partial charge in [0, 0.05) is 18.6 Å². The van der Waals surface area contributed by atoms with Gasteiger partial charge in [-0.15, -0.1) is 0 Å². The molecule has 0 aliphatic carbocycles. The number of halogens is 1. The van der Waals surface area contributed by atoms with E-state index >= 15 is 0 Å². The zero-order chi connectivity index (χ0) is 9.26. The van der Waals surface area contributed by atoms with Gasteiger partial charge in [0.15, 0.2) is 11.5 Å². The highest BCUT2D eigenvalue weighted by Gasteiger charge is 2.14. The Morgan fingerprint density at radius 1 is 1.23 bits per heavy atom. The molecule has 3 nitrogen and oxygen atoms in total. The summed E-state index contributed by atoms with van der Waals surface area (Å²) in [6, 6.07) is 2.95. The zero-order valence-corrected chi connectivity index (χ0v) is 7.67. The molecule has 1 aliphatic heterocycles. The van der Waals surface area contributed by atoms with Crippen molar-refractivity contribution in [2.75, 3.05) is 13.2 Å². The average Bonchev–Trinajstić information content (AvgIpc) is 2.28. The molecule has 0 fully saturated rings. The molecule has 1 N–H and O–H groups in total. The van der Waals surface area contributed by atoms with Crippen molar-refractivity contribution in [1.82, 2.24) is 0 Å². The van der Waals surface area contributed by atoms with Gasteiger partial charge in [0.2, 0.25) is 0 Å². The van der Waals surface area contributed by atoms with Gasteiger partial charge in [-0.3, -0.25) is 0 Å². The maximum atomic E-state index is 9.24. The van der Waals surface area contributed by atoms with Gasteiger partial charge in [-0.1, -0.05) is 11.6 Å². The Morgan fingerprint density at radius 3 is 2.85 bits per heavy atom.